The third-order valence-electron chi connectivity index (χ3n) is 1.25. The number of nitrogens with zero attached hydrogens (tertiary/aromatic N) is 2. The number of nitrogens with one attached hydrogen (secondary N) is 1. The molecule has 0 spiro atoms. The molecule has 1 heterocycles. The lowest BCUT2D eigenvalue weighted by Gasteiger charge is -2.09. The molecule has 0 aromatic carbocycles. The van der Waals surface area contributed by atoms with Gasteiger partial charge in [0.15, 0.2) is 3.92 Å². The Morgan fingerprint density at radius 3 is 2.85 bits per heavy atom. The fourth-order valence-corrected chi connectivity index (χ4v) is 2.78. The summed E-state index contributed by atoms with van der Waals surface area (Å²) in [5.41, 5.74) is 0. The molecule has 0 radical (unpaired) electrons. The molecule has 4 nitrogen and oxygen atoms in total. The second kappa shape index (κ2) is 5.02. The van der Waals surface area contributed by atoms with E-state index in [2.05, 4.69) is 31.4 Å². The van der Waals surface area contributed by atoms with Crippen molar-refractivity contribution in [2.75, 3.05) is 17.3 Å². The first-order valence-electron chi connectivity index (χ1n) is 3.63. The quantitative estimate of drug-likeness (QED) is 0.910. The van der Waals surface area contributed by atoms with Gasteiger partial charge in [-0.15, -0.1) is 10.2 Å². The second-order valence-electron chi connectivity index (χ2n) is 2.65. The lowest BCUT2D eigenvalue weighted by Crippen LogP contribution is -2.22. The molecule has 0 aliphatic rings. The summed E-state index contributed by atoms with van der Waals surface area (Å²) in [6, 6.07) is 0.158. The normalized spacial score (nSPS) is 15.3. The van der Waals surface area contributed by atoms with Crippen molar-refractivity contribution < 1.29 is 4.21 Å². The van der Waals surface area contributed by atoms with Crippen LogP contribution in [0.4, 0.5) is 5.13 Å². The Kier molecular flexibility index (Phi) is 4.27. The van der Waals surface area contributed by atoms with E-state index in [1.54, 1.807) is 6.26 Å². The summed E-state index contributed by atoms with van der Waals surface area (Å²) in [6.45, 7) is 1.97. The third kappa shape index (κ3) is 4.15. The molecule has 0 saturated carbocycles. The first-order chi connectivity index (χ1) is 6.08. The highest BCUT2D eigenvalue weighted by molar-refractivity contribution is 9.11. The van der Waals surface area contributed by atoms with Gasteiger partial charge < -0.3 is 5.32 Å². The number of rotatable bonds is 4. The average Bonchev–Trinajstić information content (AvgIpc) is 2.33. The summed E-state index contributed by atoms with van der Waals surface area (Å²) in [7, 11) is -0.780. The van der Waals surface area contributed by atoms with Gasteiger partial charge >= 0.3 is 0 Å². The molecule has 7 heteroatoms. The zero-order valence-electron chi connectivity index (χ0n) is 7.28. The van der Waals surface area contributed by atoms with Crippen molar-refractivity contribution in [3.63, 3.8) is 0 Å². The lowest BCUT2D eigenvalue weighted by atomic mass is 10.4. The van der Waals surface area contributed by atoms with Crippen molar-refractivity contribution in [3.8, 4) is 0 Å². The molecule has 0 aliphatic heterocycles. The van der Waals surface area contributed by atoms with E-state index in [0.29, 0.717) is 5.75 Å². The summed E-state index contributed by atoms with van der Waals surface area (Å²) in [5.74, 6) is 0.622. The number of hydrogen-bond acceptors (Lipinski definition) is 5. The topological polar surface area (TPSA) is 54.9 Å². The fourth-order valence-electron chi connectivity index (χ4n) is 0.868. The maximum absolute atomic E-state index is 10.9. The van der Waals surface area contributed by atoms with E-state index in [-0.39, 0.29) is 6.04 Å². The molecule has 0 bridgehead atoms. The molecule has 13 heavy (non-hydrogen) atoms. The van der Waals surface area contributed by atoms with Gasteiger partial charge in [0.2, 0.25) is 5.13 Å². The smallest absolute Gasteiger partial charge is 0.206 e. The summed E-state index contributed by atoms with van der Waals surface area (Å²) < 4.78 is 11.6. The van der Waals surface area contributed by atoms with Gasteiger partial charge in [-0.1, -0.05) is 11.3 Å². The van der Waals surface area contributed by atoms with Crippen LogP contribution < -0.4 is 5.32 Å². The highest BCUT2D eigenvalue weighted by Gasteiger charge is 2.07. The molecule has 1 rings (SSSR count). The van der Waals surface area contributed by atoms with Gasteiger partial charge in [-0.2, -0.15) is 0 Å². The number of hydrogen-bond donors (Lipinski definition) is 1. The van der Waals surface area contributed by atoms with Gasteiger partial charge in [0, 0.05) is 28.9 Å². The Balaban J connectivity index is 2.44. The standard InChI is InChI=1S/C6H10BrN3OS2/c1-4(3-13(2)11)8-6-10-9-5(7)12-6/h4H,3H2,1-2H3,(H,8,10). The Bertz CT molecular complexity index is 304. The van der Waals surface area contributed by atoms with Gasteiger partial charge in [-0.25, -0.2) is 0 Å². The molecule has 0 amide bonds. The van der Waals surface area contributed by atoms with Gasteiger partial charge in [0.05, 0.1) is 0 Å². The molecule has 1 N–H and O–H groups in total. The number of aromatic nitrogens is 2. The van der Waals surface area contributed by atoms with E-state index in [9.17, 15) is 4.21 Å². The Morgan fingerprint density at radius 2 is 2.38 bits per heavy atom. The molecular weight excluding hydrogens is 274 g/mol. The monoisotopic (exact) mass is 283 g/mol. The lowest BCUT2D eigenvalue weighted by molar-refractivity contribution is 0.683. The van der Waals surface area contributed by atoms with E-state index in [1.165, 1.54) is 11.3 Å². The van der Waals surface area contributed by atoms with Crippen LogP contribution in [0, 0.1) is 0 Å². The zero-order chi connectivity index (χ0) is 9.84. The summed E-state index contributed by atoms with van der Waals surface area (Å²) in [6.07, 6.45) is 1.69. The van der Waals surface area contributed by atoms with E-state index < -0.39 is 10.8 Å². The van der Waals surface area contributed by atoms with Crippen LogP contribution in [0.2, 0.25) is 0 Å². The molecule has 1 aromatic heterocycles. The van der Waals surface area contributed by atoms with Crippen molar-refractivity contribution in [1.82, 2.24) is 10.2 Å². The zero-order valence-corrected chi connectivity index (χ0v) is 10.5. The van der Waals surface area contributed by atoms with Crippen LogP contribution in [0.3, 0.4) is 0 Å². The maximum atomic E-state index is 10.9. The minimum Gasteiger partial charge on any atom is -0.357 e. The Labute approximate surface area is 91.7 Å². The maximum Gasteiger partial charge on any atom is 0.206 e. The summed E-state index contributed by atoms with van der Waals surface area (Å²) in [5, 5.41) is 11.5. The fraction of sp³-hybridized carbons (Fsp3) is 0.667. The van der Waals surface area contributed by atoms with Gasteiger partial charge in [-0.05, 0) is 22.9 Å². The third-order valence-corrected chi connectivity index (χ3v) is 3.51. The average molecular weight is 284 g/mol. The molecule has 0 aliphatic carbocycles. The van der Waals surface area contributed by atoms with Crippen molar-refractivity contribution >= 4 is 43.2 Å². The van der Waals surface area contributed by atoms with Crippen molar-refractivity contribution in [3.05, 3.63) is 3.92 Å². The summed E-state index contributed by atoms with van der Waals surface area (Å²) >= 11 is 4.65. The van der Waals surface area contributed by atoms with Crippen molar-refractivity contribution in [2.45, 2.75) is 13.0 Å². The largest absolute Gasteiger partial charge is 0.357 e. The highest BCUT2D eigenvalue weighted by Crippen LogP contribution is 2.20. The highest BCUT2D eigenvalue weighted by atomic mass is 79.9. The van der Waals surface area contributed by atoms with Crippen LogP contribution in [-0.4, -0.2) is 32.5 Å². The van der Waals surface area contributed by atoms with Crippen LogP contribution in [0.25, 0.3) is 0 Å². The second-order valence-corrected chi connectivity index (χ2v) is 6.38. The van der Waals surface area contributed by atoms with Crippen molar-refractivity contribution in [1.29, 1.82) is 0 Å². The van der Waals surface area contributed by atoms with E-state index in [0.717, 1.165) is 9.05 Å². The molecule has 0 saturated heterocycles. The SMILES string of the molecule is CC(CS(C)=O)Nc1nnc(Br)s1. The van der Waals surface area contributed by atoms with Crippen LogP contribution in [0.15, 0.2) is 3.92 Å². The number of anilines is 1. The van der Waals surface area contributed by atoms with Crippen LogP contribution in [-0.2, 0) is 10.8 Å². The first kappa shape index (κ1) is 11.1. The van der Waals surface area contributed by atoms with Gasteiger partial charge in [0.1, 0.15) is 0 Å². The van der Waals surface area contributed by atoms with Gasteiger partial charge in [-0.3, -0.25) is 4.21 Å². The predicted octanol–water partition coefficient (Wildman–Crippen LogP) is 1.48. The minimum atomic E-state index is -0.780. The van der Waals surface area contributed by atoms with E-state index >= 15 is 0 Å². The minimum absolute atomic E-state index is 0.158. The van der Waals surface area contributed by atoms with Crippen LogP contribution >= 0.6 is 27.3 Å². The van der Waals surface area contributed by atoms with Crippen LogP contribution in [0.5, 0.6) is 0 Å². The van der Waals surface area contributed by atoms with Gasteiger partial charge in [0.25, 0.3) is 0 Å². The number of halogens is 1. The van der Waals surface area contributed by atoms with Crippen molar-refractivity contribution in [2.24, 2.45) is 0 Å². The molecular formula is C6H10BrN3OS2. The van der Waals surface area contributed by atoms with E-state index in [1.807, 2.05) is 6.92 Å². The molecule has 2 atom stereocenters. The van der Waals surface area contributed by atoms with Crippen LogP contribution in [0.1, 0.15) is 6.92 Å². The van der Waals surface area contributed by atoms with E-state index in [4.69, 9.17) is 0 Å². The first-order valence-corrected chi connectivity index (χ1v) is 6.97. The molecule has 0 fully saturated rings. The molecule has 1 aromatic rings. The summed E-state index contributed by atoms with van der Waals surface area (Å²) in [4.78, 5) is 0. The molecule has 74 valence electrons. The predicted molar refractivity (Wildman–Crippen MR) is 59.6 cm³/mol. The Morgan fingerprint density at radius 1 is 1.69 bits per heavy atom. The molecule has 2 unspecified atom stereocenters. The Hall–Kier alpha value is -0.0100.